The summed E-state index contributed by atoms with van der Waals surface area (Å²) in [5.74, 6) is -0.701. The van der Waals surface area contributed by atoms with E-state index in [0.717, 1.165) is 12.8 Å². The van der Waals surface area contributed by atoms with Gasteiger partial charge in [0, 0.05) is 5.57 Å². The number of hydrogen-bond acceptors (Lipinski definition) is 3. The Morgan fingerprint density at radius 1 is 0.850 bits per heavy atom. The van der Waals surface area contributed by atoms with E-state index in [2.05, 4.69) is 18.4 Å². The van der Waals surface area contributed by atoms with Crippen LogP contribution in [0.4, 0.5) is 0 Å². The van der Waals surface area contributed by atoms with Crippen molar-refractivity contribution in [2.75, 3.05) is 0 Å². The van der Waals surface area contributed by atoms with E-state index in [9.17, 15) is 4.79 Å². The lowest BCUT2D eigenvalue weighted by molar-refractivity contribution is -0.229. The largest absolute Gasteiger partial charge is 0.368 e. The number of rotatable bonds is 14. The minimum Gasteiger partial charge on any atom is -0.296 e. The van der Waals surface area contributed by atoms with Gasteiger partial charge in [0.05, 0.1) is 0 Å². The van der Waals surface area contributed by atoms with Gasteiger partial charge in [-0.25, -0.2) is 4.79 Å². The van der Waals surface area contributed by atoms with Crippen LogP contribution in [0.5, 0.6) is 0 Å². The first-order chi connectivity index (χ1) is 9.72. The SMILES string of the molecule is C=C(CCCCCCCCCCCCCC)C(=O)OO. The van der Waals surface area contributed by atoms with E-state index in [1.165, 1.54) is 64.2 Å². The van der Waals surface area contributed by atoms with Crippen LogP contribution in [-0.2, 0) is 9.68 Å². The third kappa shape index (κ3) is 12.2. The summed E-state index contributed by atoms with van der Waals surface area (Å²) in [5, 5.41) is 8.19. The Labute approximate surface area is 124 Å². The van der Waals surface area contributed by atoms with Gasteiger partial charge >= 0.3 is 5.97 Å². The Balaban J connectivity index is 3.13. The molecule has 3 heteroatoms. The molecule has 0 heterocycles. The molecule has 0 aliphatic carbocycles. The minimum atomic E-state index is -0.701. The van der Waals surface area contributed by atoms with Crippen LogP contribution < -0.4 is 0 Å². The highest BCUT2D eigenvalue weighted by Gasteiger charge is 2.06. The maximum absolute atomic E-state index is 10.9. The summed E-state index contributed by atoms with van der Waals surface area (Å²) in [4.78, 5) is 14.5. The molecule has 0 rings (SSSR count). The normalized spacial score (nSPS) is 10.5. The number of carbonyl (C=O) groups excluding carboxylic acids is 1. The second-order valence-corrected chi connectivity index (χ2v) is 5.62. The molecular weight excluding hydrogens is 252 g/mol. The number of carbonyl (C=O) groups is 1. The van der Waals surface area contributed by atoms with Crippen LogP contribution in [0.25, 0.3) is 0 Å². The van der Waals surface area contributed by atoms with E-state index < -0.39 is 5.97 Å². The third-order valence-corrected chi connectivity index (χ3v) is 3.70. The summed E-state index contributed by atoms with van der Waals surface area (Å²) in [7, 11) is 0. The van der Waals surface area contributed by atoms with Gasteiger partial charge in [-0.15, -0.1) is 0 Å². The molecule has 0 saturated heterocycles. The Kier molecular flexibility index (Phi) is 14.0. The van der Waals surface area contributed by atoms with Crippen LogP contribution in [0.15, 0.2) is 12.2 Å². The van der Waals surface area contributed by atoms with Gasteiger partial charge in [-0.3, -0.25) is 4.89 Å². The van der Waals surface area contributed by atoms with Crippen molar-refractivity contribution in [3.63, 3.8) is 0 Å². The van der Waals surface area contributed by atoms with Crippen LogP contribution in [0, 0.1) is 0 Å². The van der Waals surface area contributed by atoms with Crippen molar-refractivity contribution in [3.8, 4) is 0 Å². The topological polar surface area (TPSA) is 46.5 Å². The fraction of sp³-hybridized carbons (Fsp3) is 0.824. The van der Waals surface area contributed by atoms with Crippen molar-refractivity contribution in [1.82, 2.24) is 0 Å². The highest BCUT2D eigenvalue weighted by Crippen LogP contribution is 2.14. The van der Waals surface area contributed by atoms with E-state index in [0.29, 0.717) is 12.0 Å². The second kappa shape index (κ2) is 14.6. The zero-order valence-electron chi connectivity index (χ0n) is 13.2. The highest BCUT2D eigenvalue weighted by atomic mass is 17.1. The summed E-state index contributed by atoms with van der Waals surface area (Å²) < 4.78 is 0. The predicted octanol–water partition coefficient (Wildman–Crippen LogP) is 5.65. The molecule has 0 bridgehead atoms. The molecule has 0 unspecified atom stereocenters. The lowest BCUT2D eigenvalue weighted by Crippen LogP contribution is -2.03. The van der Waals surface area contributed by atoms with Crippen molar-refractivity contribution in [2.45, 2.75) is 90.4 Å². The van der Waals surface area contributed by atoms with Crippen molar-refractivity contribution >= 4 is 5.97 Å². The third-order valence-electron chi connectivity index (χ3n) is 3.70. The van der Waals surface area contributed by atoms with E-state index >= 15 is 0 Å². The van der Waals surface area contributed by atoms with Gasteiger partial charge in [0.1, 0.15) is 0 Å². The molecule has 0 aromatic carbocycles. The molecule has 20 heavy (non-hydrogen) atoms. The summed E-state index contributed by atoms with van der Waals surface area (Å²) in [5.41, 5.74) is 0.361. The Bertz CT molecular complexity index is 249. The van der Waals surface area contributed by atoms with E-state index in [4.69, 9.17) is 5.26 Å². The number of unbranched alkanes of at least 4 members (excludes halogenated alkanes) is 11. The van der Waals surface area contributed by atoms with Crippen molar-refractivity contribution in [1.29, 1.82) is 0 Å². The van der Waals surface area contributed by atoms with Crippen molar-refractivity contribution in [2.24, 2.45) is 0 Å². The molecule has 0 aliphatic rings. The molecule has 0 aliphatic heterocycles. The molecule has 3 nitrogen and oxygen atoms in total. The lowest BCUT2D eigenvalue weighted by Gasteiger charge is -2.03. The zero-order chi connectivity index (χ0) is 15.1. The second-order valence-electron chi connectivity index (χ2n) is 5.62. The molecule has 1 N–H and O–H groups in total. The fourth-order valence-electron chi connectivity index (χ4n) is 2.35. The maximum Gasteiger partial charge on any atom is 0.368 e. The molecular formula is C17H32O3. The minimum absolute atomic E-state index is 0.361. The van der Waals surface area contributed by atoms with Crippen LogP contribution in [0.3, 0.4) is 0 Å². The monoisotopic (exact) mass is 284 g/mol. The van der Waals surface area contributed by atoms with Crippen molar-refractivity contribution < 1.29 is 14.9 Å². The van der Waals surface area contributed by atoms with E-state index in [1.807, 2.05) is 0 Å². The van der Waals surface area contributed by atoms with Gasteiger partial charge in [-0.05, 0) is 12.8 Å². The van der Waals surface area contributed by atoms with Crippen LogP contribution in [-0.4, -0.2) is 11.2 Å². The average molecular weight is 284 g/mol. The summed E-state index contributed by atoms with van der Waals surface area (Å²) in [6.45, 7) is 5.83. The maximum atomic E-state index is 10.9. The molecule has 0 saturated carbocycles. The molecule has 118 valence electrons. The van der Waals surface area contributed by atoms with Gasteiger partial charge in [0.15, 0.2) is 0 Å². The zero-order valence-corrected chi connectivity index (χ0v) is 13.2. The highest BCUT2D eigenvalue weighted by molar-refractivity contribution is 5.87. The van der Waals surface area contributed by atoms with Gasteiger partial charge in [-0.2, -0.15) is 5.26 Å². The molecule has 0 fully saturated rings. The van der Waals surface area contributed by atoms with E-state index in [1.54, 1.807) is 0 Å². The Hall–Kier alpha value is -0.830. The number of hydrogen-bond donors (Lipinski definition) is 1. The molecule has 0 spiro atoms. The Morgan fingerprint density at radius 2 is 1.25 bits per heavy atom. The lowest BCUT2D eigenvalue weighted by atomic mass is 10.0. The summed E-state index contributed by atoms with van der Waals surface area (Å²) >= 11 is 0. The standard InChI is InChI=1S/C17H32O3/c1-3-4-5-6-7-8-9-10-11-12-13-14-15-16(2)17(18)20-19/h19H,2-15H2,1H3. The summed E-state index contributed by atoms with van der Waals surface area (Å²) in [6, 6.07) is 0. The molecule has 0 atom stereocenters. The first-order valence-electron chi connectivity index (χ1n) is 8.26. The van der Waals surface area contributed by atoms with Gasteiger partial charge in [0.2, 0.25) is 0 Å². The van der Waals surface area contributed by atoms with Gasteiger partial charge in [0.25, 0.3) is 0 Å². The van der Waals surface area contributed by atoms with E-state index in [-0.39, 0.29) is 0 Å². The summed E-state index contributed by atoms with van der Waals surface area (Å²) in [6.07, 6.45) is 16.2. The molecule has 0 aromatic heterocycles. The van der Waals surface area contributed by atoms with Gasteiger partial charge in [-0.1, -0.05) is 84.1 Å². The molecule has 0 aromatic rings. The van der Waals surface area contributed by atoms with Crippen molar-refractivity contribution in [3.05, 3.63) is 12.2 Å². The predicted molar refractivity (Wildman–Crippen MR) is 83.6 cm³/mol. The first kappa shape index (κ1) is 19.2. The molecule has 0 amide bonds. The van der Waals surface area contributed by atoms with Crippen LogP contribution in [0.2, 0.25) is 0 Å². The fourth-order valence-corrected chi connectivity index (χ4v) is 2.35. The average Bonchev–Trinajstić information content (AvgIpc) is 2.47. The van der Waals surface area contributed by atoms with Crippen LogP contribution in [0.1, 0.15) is 90.4 Å². The smallest absolute Gasteiger partial charge is 0.296 e. The Morgan fingerprint density at radius 3 is 1.65 bits per heavy atom. The quantitative estimate of drug-likeness (QED) is 0.194. The first-order valence-corrected chi connectivity index (χ1v) is 8.26. The van der Waals surface area contributed by atoms with Gasteiger partial charge < -0.3 is 0 Å². The van der Waals surface area contributed by atoms with Crippen LogP contribution >= 0.6 is 0 Å². The molecule has 0 radical (unpaired) electrons.